The molecular formula is C38H48N3OP. The molecular weight excluding hydrogens is 545 g/mol. The molecule has 1 aromatic heterocycles. The Hall–Kier alpha value is -3.75. The summed E-state index contributed by atoms with van der Waals surface area (Å²) in [6, 6.07) is 33.5. The van der Waals surface area contributed by atoms with Crippen molar-refractivity contribution in [2.24, 2.45) is 0 Å². The topological polar surface area (TPSA) is 46.9 Å². The highest BCUT2D eigenvalue weighted by atomic mass is 31.0. The van der Waals surface area contributed by atoms with Gasteiger partial charge in [0.2, 0.25) is 0 Å². The van der Waals surface area contributed by atoms with Crippen molar-refractivity contribution in [1.82, 2.24) is 14.9 Å². The molecule has 4 nitrogen and oxygen atoms in total. The lowest BCUT2D eigenvalue weighted by atomic mass is 9.97. The fourth-order valence-corrected chi connectivity index (χ4v) is 5.54. The molecule has 1 N–H and O–H groups in total. The molecule has 0 aliphatic carbocycles. The molecule has 2 unspecified atom stereocenters. The van der Waals surface area contributed by atoms with Crippen molar-refractivity contribution in [3.63, 3.8) is 0 Å². The van der Waals surface area contributed by atoms with Crippen molar-refractivity contribution in [1.29, 1.82) is 0 Å². The van der Waals surface area contributed by atoms with Gasteiger partial charge in [-0.2, -0.15) is 0 Å². The number of imidazole rings is 1. The van der Waals surface area contributed by atoms with E-state index in [9.17, 15) is 4.79 Å². The molecule has 0 radical (unpaired) electrons. The van der Waals surface area contributed by atoms with E-state index in [1.54, 1.807) is 7.05 Å². The molecule has 2 atom stereocenters. The Morgan fingerprint density at radius 2 is 1.56 bits per heavy atom. The third kappa shape index (κ3) is 9.12. The number of carbonyl (C=O) groups is 1. The van der Waals surface area contributed by atoms with E-state index in [0.29, 0.717) is 5.56 Å². The quantitative estimate of drug-likeness (QED) is 0.173. The van der Waals surface area contributed by atoms with Crippen LogP contribution in [0.15, 0.2) is 97.1 Å². The fraction of sp³-hybridized carbons (Fsp3) is 0.316. The molecule has 1 heterocycles. The highest BCUT2D eigenvalue weighted by Crippen LogP contribution is 2.24. The number of aryl methyl sites for hydroxylation is 1. The molecule has 0 aliphatic rings. The molecule has 0 saturated carbocycles. The van der Waals surface area contributed by atoms with Crippen molar-refractivity contribution in [2.45, 2.75) is 72.8 Å². The van der Waals surface area contributed by atoms with Crippen molar-refractivity contribution < 1.29 is 4.79 Å². The predicted octanol–water partition coefficient (Wildman–Crippen LogP) is 9.18. The summed E-state index contributed by atoms with van der Waals surface area (Å²) in [7, 11) is 4.46. The van der Waals surface area contributed by atoms with E-state index < -0.39 is 0 Å². The second-order valence-electron chi connectivity index (χ2n) is 10.5. The van der Waals surface area contributed by atoms with Crippen LogP contribution in [0.25, 0.3) is 22.2 Å². The Kier molecular flexibility index (Phi) is 13.6. The number of rotatable bonds is 9. The summed E-state index contributed by atoms with van der Waals surface area (Å²) in [5, 5.41) is 3.90. The zero-order chi connectivity index (χ0) is 31.2. The normalized spacial score (nSPS) is 11.1. The Labute approximate surface area is 261 Å². The average Bonchev–Trinajstić information content (AvgIpc) is 3.39. The van der Waals surface area contributed by atoms with Gasteiger partial charge in [-0.25, -0.2) is 4.98 Å². The smallest absolute Gasteiger partial charge is 0.251 e. The number of amides is 1. The van der Waals surface area contributed by atoms with Gasteiger partial charge >= 0.3 is 0 Å². The number of nitrogens with zero attached hydrogens (tertiary/aromatic N) is 2. The van der Waals surface area contributed by atoms with Gasteiger partial charge in [0.25, 0.3) is 5.91 Å². The van der Waals surface area contributed by atoms with E-state index in [1.165, 1.54) is 40.4 Å². The standard InChI is InChI=1S/C25H26N3OP.C11H16.C2H6/c1-3-6-24-27-21-14-13-19(25(29)26-2)15-22(21)28(24)16-17-9-11-18(12-10-17)20-7-4-5-8-23(20)30;1-3-7-10(2)11-8-5-4-6-9-11;1-2/h4-5,7-15H,3,6,16,30H2,1-2H3,(H,26,29);4-6,8-10H,3,7H2,1-2H3;1-2H3. The molecule has 4 aromatic carbocycles. The molecule has 226 valence electrons. The third-order valence-electron chi connectivity index (χ3n) is 7.45. The lowest BCUT2D eigenvalue weighted by Crippen LogP contribution is -2.17. The molecule has 5 rings (SSSR count). The Morgan fingerprint density at radius 3 is 2.19 bits per heavy atom. The summed E-state index contributed by atoms with van der Waals surface area (Å²) in [6.45, 7) is 11.4. The molecule has 43 heavy (non-hydrogen) atoms. The van der Waals surface area contributed by atoms with Gasteiger partial charge in [0.15, 0.2) is 0 Å². The van der Waals surface area contributed by atoms with Gasteiger partial charge in [-0.1, -0.05) is 120 Å². The maximum Gasteiger partial charge on any atom is 0.251 e. The molecule has 5 heteroatoms. The average molecular weight is 594 g/mol. The van der Waals surface area contributed by atoms with Gasteiger partial charge in [0.1, 0.15) is 5.82 Å². The van der Waals surface area contributed by atoms with E-state index in [-0.39, 0.29) is 5.91 Å². The van der Waals surface area contributed by atoms with E-state index >= 15 is 0 Å². The van der Waals surface area contributed by atoms with Crippen molar-refractivity contribution in [3.8, 4) is 11.1 Å². The van der Waals surface area contributed by atoms with Crippen molar-refractivity contribution >= 4 is 31.5 Å². The maximum absolute atomic E-state index is 12.1. The van der Waals surface area contributed by atoms with Crippen LogP contribution in [0.5, 0.6) is 0 Å². The van der Waals surface area contributed by atoms with Gasteiger partial charge in [0, 0.05) is 25.6 Å². The first-order chi connectivity index (χ1) is 20.9. The van der Waals surface area contributed by atoms with Crippen LogP contribution in [0.1, 0.15) is 87.1 Å². The first-order valence-corrected chi connectivity index (χ1v) is 16.2. The van der Waals surface area contributed by atoms with Gasteiger partial charge in [0.05, 0.1) is 11.0 Å². The minimum atomic E-state index is -0.0813. The Bertz CT molecular complexity index is 1560. The zero-order valence-corrected chi connectivity index (χ0v) is 27.9. The molecule has 0 fully saturated rings. The van der Waals surface area contributed by atoms with E-state index in [2.05, 4.69) is 113 Å². The molecule has 0 bridgehead atoms. The first kappa shape index (κ1) is 33.7. The van der Waals surface area contributed by atoms with Crippen LogP contribution < -0.4 is 10.6 Å². The van der Waals surface area contributed by atoms with Crippen LogP contribution in [0.2, 0.25) is 0 Å². The predicted molar refractivity (Wildman–Crippen MR) is 189 cm³/mol. The summed E-state index contributed by atoms with van der Waals surface area (Å²) in [4.78, 5) is 16.9. The Morgan fingerprint density at radius 1 is 0.884 bits per heavy atom. The summed E-state index contributed by atoms with van der Waals surface area (Å²) in [5.41, 5.74) is 7.69. The van der Waals surface area contributed by atoms with Crippen LogP contribution in [0.4, 0.5) is 0 Å². The number of fused-ring (bicyclic) bond motifs is 1. The molecule has 0 aliphatic heterocycles. The maximum atomic E-state index is 12.1. The summed E-state index contributed by atoms with van der Waals surface area (Å²) >= 11 is 0. The van der Waals surface area contributed by atoms with Gasteiger partial charge < -0.3 is 9.88 Å². The van der Waals surface area contributed by atoms with Crippen molar-refractivity contribution in [2.75, 3.05) is 7.05 Å². The minimum Gasteiger partial charge on any atom is -0.355 e. The van der Waals surface area contributed by atoms with Gasteiger partial charge in [-0.05, 0) is 64.5 Å². The lowest BCUT2D eigenvalue weighted by Gasteiger charge is -2.11. The van der Waals surface area contributed by atoms with Crippen LogP contribution >= 0.6 is 9.24 Å². The molecule has 0 saturated heterocycles. The van der Waals surface area contributed by atoms with Gasteiger partial charge in [-0.3, -0.25) is 4.79 Å². The first-order valence-electron chi connectivity index (χ1n) is 15.6. The number of benzene rings is 4. The van der Waals surface area contributed by atoms with Crippen LogP contribution in [-0.4, -0.2) is 22.5 Å². The number of aromatic nitrogens is 2. The second-order valence-corrected chi connectivity index (χ2v) is 11.2. The van der Waals surface area contributed by atoms with E-state index in [1.807, 2.05) is 38.1 Å². The summed E-state index contributed by atoms with van der Waals surface area (Å²) in [6.07, 6.45) is 4.50. The lowest BCUT2D eigenvalue weighted by molar-refractivity contribution is 0.0963. The highest BCUT2D eigenvalue weighted by molar-refractivity contribution is 7.28. The van der Waals surface area contributed by atoms with E-state index in [0.717, 1.165) is 42.2 Å². The molecule has 5 aromatic rings. The zero-order valence-electron chi connectivity index (χ0n) is 26.7. The van der Waals surface area contributed by atoms with Crippen LogP contribution in [0.3, 0.4) is 0 Å². The van der Waals surface area contributed by atoms with Crippen LogP contribution in [-0.2, 0) is 13.0 Å². The largest absolute Gasteiger partial charge is 0.355 e. The number of carbonyl (C=O) groups excluding carboxylic acids is 1. The van der Waals surface area contributed by atoms with Crippen LogP contribution in [0, 0.1) is 0 Å². The highest BCUT2D eigenvalue weighted by Gasteiger charge is 2.14. The third-order valence-corrected chi connectivity index (χ3v) is 7.95. The van der Waals surface area contributed by atoms with E-state index in [4.69, 9.17) is 4.98 Å². The number of hydrogen-bond donors (Lipinski definition) is 1. The minimum absolute atomic E-state index is 0.0813. The monoisotopic (exact) mass is 593 g/mol. The Balaban J connectivity index is 0.000000327. The fourth-order valence-electron chi connectivity index (χ4n) is 5.16. The molecule has 0 spiro atoms. The number of hydrogen-bond acceptors (Lipinski definition) is 2. The molecule has 1 amide bonds. The summed E-state index contributed by atoms with van der Waals surface area (Å²) < 4.78 is 2.24. The van der Waals surface area contributed by atoms with Crippen molar-refractivity contribution in [3.05, 3.63) is 120 Å². The number of nitrogens with one attached hydrogen (secondary N) is 1. The SMILES string of the molecule is CC.CCCC(C)c1ccccc1.CCCc1nc2ccc(C(=O)NC)cc2n1Cc1ccc(-c2ccccc2P)cc1. The summed E-state index contributed by atoms with van der Waals surface area (Å²) in [5.74, 6) is 1.70. The second kappa shape index (κ2) is 17.4. The van der Waals surface area contributed by atoms with Gasteiger partial charge in [-0.15, -0.1) is 9.24 Å².